The molecule has 0 radical (unpaired) electrons. The fourth-order valence-corrected chi connectivity index (χ4v) is 4.75. The first kappa shape index (κ1) is 19.7. The number of fused-ring (bicyclic) bond motifs is 2. The smallest absolute Gasteiger partial charge is 0.415 e. The SMILES string of the molecule is C[C@]1(CN2Cc3nc(-c4ccc(F)cn4)sc3C2)Cn2cc([N+](=O)[O-])nc2O1.S. The third kappa shape index (κ3) is 3.58. The maximum Gasteiger partial charge on any atom is 0.415 e. The number of nitrogens with zero attached hydrogens (tertiary/aromatic N) is 6. The maximum absolute atomic E-state index is 13.0. The average molecular weight is 436 g/mol. The van der Waals surface area contributed by atoms with Gasteiger partial charge in [0.1, 0.15) is 22.6 Å². The number of imidazole rings is 1. The van der Waals surface area contributed by atoms with Crippen LogP contribution in [0.2, 0.25) is 0 Å². The number of halogens is 1. The molecule has 0 aliphatic carbocycles. The quantitative estimate of drug-likeness (QED) is 0.458. The monoisotopic (exact) mass is 436 g/mol. The highest BCUT2D eigenvalue weighted by Crippen LogP contribution is 2.36. The van der Waals surface area contributed by atoms with E-state index in [2.05, 4.69) is 19.9 Å². The molecule has 0 spiro atoms. The molecule has 9 nitrogen and oxygen atoms in total. The second kappa shape index (κ2) is 7.04. The van der Waals surface area contributed by atoms with Crippen molar-refractivity contribution in [1.82, 2.24) is 24.4 Å². The molecule has 0 saturated heterocycles. The molecule has 5 heterocycles. The van der Waals surface area contributed by atoms with Crippen LogP contribution in [0.5, 0.6) is 6.01 Å². The molecule has 152 valence electrons. The van der Waals surface area contributed by atoms with E-state index in [0.29, 0.717) is 25.3 Å². The van der Waals surface area contributed by atoms with Gasteiger partial charge in [0.25, 0.3) is 0 Å². The van der Waals surface area contributed by atoms with Crippen LogP contribution in [0, 0.1) is 15.9 Å². The van der Waals surface area contributed by atoms with Crippen molar-refractivity contribution in [3.8, 4) is 16.7 Å². The van der Waals surface area contributed by atoms with Gasteiger partial charge in [-0.3, -0.25) is 14.5 Å². The summed E-state index contributed by atoms with van der Waals surface area (Å²) in [4.78, 5) is 26.4. The summed E-state index contributed by atoms with van der Waals surface area (Å²) in [5, 5.41) is 11.6. The Morgan fingerprint density at radius 2 is 2.21 bits per heavy atom. The van der Waals surface area contributed by atoms with Gasteiger partial charge < -0.3 is 14.9 Å². The van der Waals surface area contributed by atoms with E-state index in [4.69, 9.17) is 4.74 Å². The van der Waals surface area contributed by atoms with E-state index in [1.165, 1.54) is 18.5 Å². The van der Waals surface area contributed by atoms with Crippen LogP contribution in [0.3, 0.4) is 0 Å². The van der Waals surface area contributed by atoms with Crippen LogP contribution in [0.15, 0.2) is 24.5 Å². The van der Waals surface area contributed by atoms with Gasteiger partial charge in [0.05, 0.1) is 24.1 Å². The van der Waals surface area contributed by atoms with Gasteiger partial charge in [0.15, 0.2) is 0 Å². The summed E-state index contributed by atoms with van der Waals surface area (Å²) in [5.41, 5.74) is 1.17. The number of thiazole rings is 1. The van der Waals surface area contributed by atoms with Gasteiger partial charge in [-0.2, -0.15) is 13.5 Å². The summed E-state index contributed by atoms with van der Waals surface area (Å²) in [5.74, 6) is -0.569. The Bertz CT molecular complexity index is 1040. The lowest BCUT2D eigenvalue weighted by molar-refractivity contribution is -0.389. The number of hydrogen-bond acceptors (Lipinski definition) is 8. The van der Waals surface area contributed by atoms with Crippen molar-refractivity contribution in [3.63, 3.8) is 0 Å². The van der Waals surface area contributed by atoms with Crippen molar-refractivity contribution < 1.29 is 14.1 Å². The van der Waals surface area contributed by atoms with Crippen LogP contribution in [-0.2, 0) is 19.6 Å². The van der Waals surface area contributed by atoms with Crippen LogP contribution >= 0.6 is 24.8 Å². The minimum Gasteiger partial charge on any atom is -0.436 e. The van der Waals surface area contributed by atoms with Crippen LogP contribution in [0.4, 0.5) is 10.2 Å². The molecule has 2 aliphatic heterocycles. The topological polar surface area (TPSA) is 99.2 Å². The highest BCUT2D eigenvalue weighted by atomic mass is 32.1. The Balaban J connectivity index is 0.00000205. The van der Waals surface area contributed by atoms with Gasteiger partial charge >= 0.3 is 11.8 Å². The van der Waals surface area contributed by atoms with Crippen molar-refractivity contribution in [2.24, 2.45) is 0 Å². The van der Waals surface area contributed by atoms with E-state index in [1.807, 2.05) is 6.92 Å². The van der Waals surface area contributed by atoms with Gasteiger partial charge in [-0.25, -0.2) is 9.37 Å². The zero-order valence-corrected chi connectivity index (χ0v) is 17.1. The van der Waals surface area contributed by atoms with Crippen LogP contribution in [-0.4, -0.2) is 41.5 Å². The standard InChI is InChI=1S/C17H15FN6O3S.H2S/c1-17(9-23-7-14(24(25)26)21-16(23)27-17)8-22-5-12-13(6-22)28-15(20-12)11-3-2-10(18)4-19-11;/h2-4,7H,5-6,8-9H2,1H3;1H2/t17-;/m0./s1. The largest absolute Gasteiger partial charge is 0.436 e. The minimum absolute atomic E-state index is 0. The molecule has 0 amide bonds. The van der Waals surface area contributed by atoms with E-state index in [1.54, 1.807) is 22.0 Å². The number of nitro groups is 1. The number of pyridine rings is 1. The zero-order valence-electron chi connectivity index (χ0n) is 15.3. The lowest BCUT2D eigenvalue weighted by Gasteiger charge is -2.27. The fourth-order valence-electron chi connectivity index (χ4n) is 3.66. The zero-order chi connectivity index (χ0) is 19.5. The summed E-state index contributed by atoms with van der Waals surface area (Å²) in [6, 6.07) is 3.30. The lowest BCUT2D eigenvalue weighted by atomic mass is 10.1. The molecule has 29 heavy (non-hydrogen) atoms. The van der Waals surface area contributed by atoms with Gasteiger partial charge in [-0.15, -0.1) is 11.3 Å². The number of aromatic nitrogens is 4. The summed E-state index contributed by atoms with van der Waals surface area (Å²) >= 11 is 1.56. The Hall–Kier alpha value is -2.57. The Morgan fingerprint density at radius 1 is 1.38 bits per heavy atom. The van der Waals surface area contributed by atoms with Crippen molar-refractivity contribution in [1.29, 1.82) is 0 Å². The molecule has 0 fully saturated rings. The number of ether oxygens (including phenoxy) is 1. The molecule has 3 aromatic rings. The van der Waals surface area contributed by atoms with Crippen LogP contribution < -0.4 is 4.74 Å². The van der Waals surface area contributed by atoms with Crippen LogP contribution in [0.25, 0.3) is 10.7 Å². The molecule has 0 unspecified atom stereocenters. The highest BCUT2D eigenvalue weighted by molar-refractivity contribution is 7.59. The minimum atomic E-state index is -0.524. The normalized spacial score (nSPS) is 20.1. The molecule has 0 N–H and O–H groups in total. The second-order valence-electron chi connectivity index (χ2n) is 7.21. The predicted molar refractivity (Wildman–Crippen MR) is 108 cm³/mol. The van der Waals surface area contributed by atoms with Crippen LogP contribution in [0.1, 0.15) is 17.5 Å². The van der Waals surface area contributed by atoms with Crippen molar-refractivity contribution in [2.45, 2.75) is 32.2 Å². The van der Waals surface area contributed by atoms with E-state index in [-0.39, 0.29) is 31.1 Å². The van der Waals surface area contributed by atoms with E-state index in [0.717, 1.165) is 22.1 Å². The van der Waals surface area contributed by atoms with Crippen molar-refractivity contribution >= 4 is 30.7 Å². The summed E-state index contributed by atoms with van der Waals surface area (Å²) in [7, 11) is 0. The third-order valence-electron chi connectivity index (χ3n) is 4.78. The Morgan fingerprint density at radius 3 is 2.86 bits per heavy atom. The first-order chi connectivity index (χ1) is 13.4. The van der Waals surface area contributed by atoms with Crippen molar-refractivity contribution in [2.75, 3.05) is 6.54 Å². The number of hydrogen-bond donors (Lipinski definition) is 0. The Kier molecular flexibility index (Phi) is 4.79. The number of rotatable bonds is 4. The first-order valence-corrected chi connectivity index (χ1v) is 9.44. The molecule has 1 atom stereocenters. The van der Waals surface area contributed by atoms with Gasteiger partial charge in [0, 0.05) is 29.5 Å². The molecule has 0 saturated carbocycles. The van der Waals surface area contributed by atoms with E-state index < -0.39 is 10.5 Å². The summed E-state index contributed by atoms with van der Waals surface area (Å²) in [6.07, 6.45) is 2.60. The maximum atomic E-state index is 13.0. The molecule has 3 aromatic heterocycles. The van der Waals surface area contributed by atoms with Gasteiger partial charge in [0.2, 0.25) is 0 Å². The van der Waals surface area contributed by atoms with E-state index >= 15 is 0 Å². The highest BCUT2D eigenvalue weighted by Gasteiger charge is 2.42. The molecular weight excluding hydrogens is 419 g/mol. The molecular formula is C17H17FN6O3S2. The van der Waals surface area contributed by atoms with Crippen molar-refractivity contribution in [3.05, 3.63) is 51.0 Å². The summed E-state index contributed by atoms with van der Waals surface area (Å²) in [6.45, 7) is 4.56. The molecule has 5 rings (SSSR count). The van der Waals surface area contributed by atoms with E-state index in [9.17, 15) is 14.5 Å². The Labute approximate surface area is 175 Å². The molecule has 2 aliphatic rings. The molecule has 0 aromatic carbocycles. The second-order valence-corrected chi connectivity index (χ2v) is 8.30. The molecule has 0 bridgehead atoms. The lowest BCUT2D eigenvalue weighted by Crippen LogP contribution is -2.43. The predicted octanol–water partition coefficient (Wildman–Crippen LogP) is 2.73. The van der Waals surface area contributed by atoms with Gasteiger partial charge in [-0.05, 0) is 24.0 Å². The first-order valence-electron chi connectivity index (χ1n) is 8.62. The average Bonchev–Trinajstić information content (AvgIpc) is 3.33. The fraction of sp³-hybridized carbons (Fsp3) is 0.353. The third-order valence-corrected chi connectivity index (χ3v) is 5.89. The molecule has 12 heteroatoms. The van der Waals surface area contributed by atoms with Gasteiger partial charge in [-0.1, -0.05) is 0 Å². The summed E-state index contributed by atoms with van der Waals surface area (Å²) < 4.78 is 20.6.